The molecule has 0 aromatic heterocycles. The third-order valence-corrected chi connectivity index (χ3v) is 4.16. The lowest BCUT2D eigenvalue weighted by Crippen LogP contribution is -2.27. The van der Waals surface area contributed by atoms with Crippen LogP contribution in [0.1, 0.15) is 18.4 Å². The van der Waals surface area contributed by atoms with Gasteiger partial charge in [0.25, 0.3) is 0 Å². The average molecular weight is 385 g/mol. The standard InChI is InChI=1S/C18H18Cl2O5/c19-15-3-1-4-16(20)14(15)11-24-10-2-5-17(18(22)23)25-13-8-6-12(21)7-9-13/h1,3-4,6-9,17,21H,2,5,10-11H2,(H,22,23). The second-order valence-corrected chi connectivity index (χ2v) is 6.15. The highest BCUT2D eigenvalue weighted by Gasteiger charge is 2.19. The Bertz CT molecular complexity index is 683. The molecule has 2 aromatic rings. The normalized spacial score (nSPS) is 11.9. The Hall–Kier alpha value is -1.95. The molecule has 7 heteroatoms. The van der Waals surface area contributed by atoms with E-state index in [2.05, 4.69) is 0 Å². The van der Waals surface area contributed by atoms with Crippen LogP contribution < -0.4 is 4.74 Å². The summed E-state index contributed by atoms with van der Waals surface area (Å²) in [6, 6.07) is 11.1. The van der Waals surface area contributed by atoms with Crippen molar-refractivity contribution in [3.05, 3.63) is 58.1 Å². The highest BCUT2D eigenvalue weighted by Crippen LogP contribution is 2.25. The number of hydrogen-bond donors (Lipinski definition) is 2. The molecule has 0 aliphatic carbocycles. The third kappa shape index (κ3) is 6.12. The van der Waals surface area contributed by atoms with E-state index in [1.165, 1.54) is 24.3 Å². The fourth-order valence-corrected chi connectivity index (χ4v) is 2.64. The number of benzene rings is 2. The van der Waals surface area contributed by atoms with Crippen LogP contribution >= 0.6 is 23.2 Å². The fourth-order valence-electron chi connectivity index (χ4n) is 2.14. The highest BCUT2D eigenvalue weighted by atomic mass is 35.5. The summed E-state index contributed by atoms with van der Waals surface area (Å²) in [5.41, 5.74) is 0.709. The zero-order valence-electron chi connectivity index (χ0n) is 13.3. The van der Waals surface area contributed by atoms with Crippen LogP contribution in [0.15, 0.2) is 42.5 Å². The molecule has 1 unspecified atom stereocenters. The Morgan fingerprint density at radius 2 is 1.72 bits per heavy atom. The molecule has 0 saturated heterocycles. The maximum atomic E-state index is 11.3. The molecular formula is C18H18Cl2O5. The molecule has 0 aliphatic rings. The number of ether oxygens (including phenoxy) is 2. The summed E-state index contributed by atoms with van der Waals surface area (Å²) in [6.45, 7) is 0.610. The van der Waals surface area contributed by atoms with E-state index in [-0.39, 0.29) is 18.8 Å². The molecule has 2 N–H and O–H groups in total. The molecule has 134 valence electrons. The van der Waals surface area contributed by atoms with Gasteiger partial charge in [0.1, 0.15) is 11.5 Å². The summed E-state index contributed by atoms with van der Waals surface area (Å²) in [5, 5.41) is 19.5. The van der Waals surface area contributed by atoms with Crippen molar-refractivity contribution in [3.63, 3.8) is 0 Å². The van der Waals surface area contributed by atoms with Gasteiger partial charge < -0.3 is 19.7 Å². The molecule has 5 nitrogen and oxygen atoms in total. The van der Waals surface area contributed by atoms with Crippen LogP contribution in [0.4, 0.5) is 0 Å². The van der Waals surface area contributed by atoms with Crippen LogP contribution in [0.3, 0.4) is 0 Å². The van der Waals surface area contributed by atoms with Crippen LogP contribution in [-0.2, 0) is 16.1 Å². The van der Waals surface area contributed by atoms with Gasteiger partial charge in [0, 0.05) is 22.2 Å². The molecule has 0 heterocycles. The van der Waals surface area contributed by atoms with E-state index >= 15 is 0 Å². The largest absolute Gasteiger partial charge is 0.508 e. The van der Waals surface area contributed by atoms with Gasteiger partial charge in [0.05, 0.1) is 6.61 Å². The molecule has 0 saturated carbocycles. The summed E-state index contributed by atoms with van der Waals surface area (Å²) >= 11 is 12.1. The van der Waals surface area contributed by atoms with Crippen molar-refractivity contribution in [1.29, 1.82) is 0 Å². The topological polar surface area (TPSA) is 76.0 Å². The van der Waals surface area contributed by atoms with Gasteiger partial charge in [-0.05, 0) is 49.2 Å². The van der Waals surface area contributed by atoms with Crippen molar-refractivity contribution in [3.8, 4) is 11.5 Å². The highest BCUT2D eigenvalue weighted by molar-refractivity contribution is 6.35. The number of halogens is 2. The van der Waals surface area contributed by atoms with Crippen molar-refractivity contribution in [2.24, 2.45) is 0 Å². The van der Waals surface area contributed by atoms with Gasteiger partial charge >= 0.3 is 5.97 Å². The Balaban J connectivity index is 1.78. The predicted octanol–water partition coefficient (Wildman–Crippen LogP) is 4.53. The second-order valence-electron chi connectivity index (χ2n) is 5.33. The van der Waals surface area contributed by atoms with Crippen LogP contribution in [-0.4, -0.2) is 28.9 Å². The maximum Gasteiger partial charge on any atom is 0.344 e. The lowest BCUT2D eigenvalue weighted by atomic mass is 10.2. The molecular weight excluding hydrogens is 367 g/mol. The molecule has 0 bridgehead atoms. The monoisotopic (exact) mass is 384 g/mol. The van der Waals surface area contributed by atoms with Gasteiger partial charge in [-0.1, -0.05) is 29.3 Å². The first kappa shape index (κ1) is 19.4. The van der Waals surface area contributed by atoms with Gasteiger partial charge in [-0.25, -0.2) is 4.79 Å². The molecule has 0 amide bonds. The zero-order valence-corrected chi connectivity index (χ0v) is 14.8. The molecule has 2 rings (SSSR count). The van der Waals surface area contributed by atoms with Crippen molar-refractivity contribution in [2.45, 2.75) is 25.6 Å². The third-order valence-electron chi connectivity index (χ3n) is 3.45. The Morgan fingerprint density at radius 3 is 2.32 bits per heavy atom. The van der Waals surface area contributed by atoms with Crippen molar-refractivity contribution in [2.75, 3.05) is 6.61 Å². The summed E-state index contributed by atoms with van der Waals surface area (Å²) in [6.07, 6.45) is -0.208. The van der Waals surface area contributed by atoms with Crippen LogP contribution in [0, 0.1) is 0 Å². The van der Waals surface area contributed by atoms with Gasteiger partial charge in [-0.3, -0.25) is 0 Å². The van der Waals surface area contributed by atoms with E-state index < -0.39 is 12.1 Å². The van der Waals surface area contributed by atoms with Crippen LogP contribution in [0.25, 0.3) is 0 Å². The fraction of sp³-hybridized carbons (Fsp3) is 0.278. The van der Waals surface area contributed by atoms with Crippen molar-refractivity contribution >= 4 is 29.2 Å². The Morgan fingerprint density at radius 1 is 1.08 bits per heavy atom. The van der Waals surface area contributed by atoms with Crippen molar-refractivity contribution < 1.29 is 24.5 Å². The van der Waals surface area contributed by atoms with E-state index in [0.717, 1.165) is 0 Å². The van der Waals surface area contributed by atoms with E-state index in [0.29, 0.717) is 34.4 Å². The molecule has 2 aromatic carbocycles. The minimum Gasteiger partial charge on any atom is -0.508 e. The number of phenols is 1. The molecule has 0 spiro atoms. The number of carbonyl (C=O) groups is 1. The van der Waals surface area contributed by atoms with Gasteiger partial charge in [-0.15, -0.1) is 0 Å². The summed E-state index contributed by atoms with van der Waals surface area (Å²) in [4.78, 5) is 11.3. The molecule has 0 radical (unpaired) electrons. The number of hydrogen-bond acceptors (Lipinski definition) is 4. The summed E-state index contributed by atoms with van der Waals surface area (Å²) in [7, 11) is 0. The number of carboxylic acid groups (broad SMARTS) is 1. The molecule has 1 atom stereocenters. The van der Waals surface area contributed by atoms with Gasteiger partial charge in [0.15, 0.2) is 6.10 Å². The first-order valence-corrected chi connectivity index (χ1v) is 8.42. The summed E-state index contributed by atoms with van der Waals surface area (Å²) in [5.74, 6) is -0.581. The average Bonchev–Trinajstić information content (AvgIpc) is 2.57. The molecule has 0 aliphatic heterocycles. The number of carboxylic acids is 1. The Kier molecular flexibility index (Phi) is 7.37. The van der Waals surface area contributed by atoms with Crippen molar-refractivity contribution in [1.82, 2.24) is 0 Å². The van der Waals surface area contributed by atoms with Crippen LogP contribution in [0.5, 0.6) is 11.5 Å². The minimum atomic E-state index is -1.05. The first-order chi connectivity index (χ1) is 12.0. The van der Waals surface area contributed by atoms with Crippen LogP contribution in [0.2, 0.25) is 10.0 Å². The number of aromatic hydroxyl groups is 1. The predicted molar refractivity (Wildman–Crippen MR) is 95.5 cm³/mol. The smallest absolute Gasteiger partial charge is 0.344 e. The van der Waals surface area contributed by atoms with E-state index in [9.17, 15) is 15.0 Å². The minimum absolute atomic E-state index is 0.0888. The van der Waals surface area contributed by atoms with E-state index in [4.69, 9.17) is 32.7 Å². The number of rotatable bonds is 9. The van der Waals surface area contributed by atoms with E-state index in [1.807, 2.05) is 0 Å². The van der Waals surface area contributed by atoms with E-state index in [1.54, 1.807) is 18.2 Å². The zero-order chi connectivity index (χ0) is 18.2. The van der Waals surface area contributed by atoms with Gasteiger partial charge in [-0.2, -0.15) is 0 Å². The first-order valence-electron chi connectivity index (χ1n) is 7.66. The van der Waals surface area contributed by atoms with Gasteiger partial charge in [0.2, 0.25) is 0 Å². The lowest BCUT2D eigenvalue weighted by molar-refractivity contribution is -0.145. The number of phenolic OH excluding ortho intramolecular Hbond substituents is 1. The molecule has 25 heavy (non-hydrogen) atoms. The maximum absolute atomic E-state index is 11.3. The molecule has 0 fully saturated rings. The second kappa shape index (κ2) is 9.51. The summed E-state index contributed by atoms with van der Waals surface area (Å²) < 4.78 is 11.0. The quantitative estimate of drug-likeness (QED) is 0.621. The SMILES string of the molecule is O=C(O)C(CCCOCc1c(Cl)cccc1Cl)Oc1ccc(O)cc1. The number of aliphatic carboxylic acids is 1. The lowest BCUT2D eigenvalue weighted by Gasteiger charge is -2.15. The Labute approximate surface area is 155 Å².